The number of hydrogen-bond acceptors (Lipinski definition) is 4. The molecular formula is C135H106B2Br7IO4. The molecular weight excluding hydrogens is 2390 g/mol. The number of halogens is 8. The standard InChI is InChI=1S/2C20H12Br2.2C17H17BO2.2C17H15Br.C14H9I.C13H9Br/c2*21-16-10-15(11-17(22)12-16)20-18-7-3-1-5-13(18)9-14-6-2-4-8-19(14)20;2*19-18(20)12-7-8-14-13-5-1-2-6-15(13)17(16(14)11-12)9-3-4-10-17;2*18-12-7-8-14-13-5-1-2-6-15(13)17(16(14)11-12)9-3-4-10-17;15-14-12-7-3-1-5-10(12)9-11-6-2-4-8-13(11)14;14-11-5-6-13-10(8-11)7-9-3-1-2-4-12(9)13/h2*1-12H;2*1-2,5-8,11,19-20H,3-4,9-10H2;2*1-2,5-8,11H,3-4,9-10H2;1-9H;1-6,8H,7H2. The Morgan fingerprint density at radius 1 is 0.195 bits per heavy atom. The molecule has 0 saturated heterocycles. The molecule has 0 amide bonds. The topological polar surface area (TPSA) is 80.9 Å². The van der Waals surface area contributed by atoms with Gasteiger partial charge in [-0.1, -0.05) is 484 Å². The van der Waals surface area contributed by atoms with Gasteiger partial charge in [0.25, 0.3) is 0 Å². The highest BCUT2D eigenvalue weighted by Gasteiger charge is 2.49. The molecule has 732 valence electrons. The van der Waals surface area contributed by atoms with Crippen LogP contribution in [0, 0.1) is 3.57 Å². The van der Waals surface area contributed by atoms with Crippen LogP contribution in [0.1, 0.15) is 158 Å². The van der Waals surface area contributed by atoms with Crippen LogP contribution in [0.15, 0.2) is 444 Å². The molecule has 0 aliphatic heterocycles. The Labute approximate surface area is 945 Å². The maximum atomic E-state index is 9.46. The van der Waals surface area contributed by atoms with E-state index >= 15 is 0 Å². The Balaban J connectivity index is 0.0000000938. The number of hydrogen-bond donors (Lipinski definition) is 4. The summed E-state index contributed by atoms with van der Waals surface area (Å²) in [6, 6.07) is 147. The third-order valence-electron chi connectivity index (χ3n) is 32.8. The average molecular weight is 2500 g/mol. The van der Waals surface area contributed by atoms with E-state index in [2.05, 4.69) is 522 Å². The van der Waals surface area contributed by atoms with E-state index in [1.807, 2.05) is 24.3 Å². The molecule has 30 rings (SSSR count). The zero-order chi connectivity index (χ0) is 102. The fourth-order valence-corrected chi connectivity index (χ4v) is 31.0. The molecule has 149 heavy (non-hydrogen) atoms. The lowest BCUT2D eigenvalue weighted by Crippen LogP contribution is -2.31. The first kappa shape index (κ1) is 101. The van der Waals surface area contributed by atoms with Gasteiger partial charge in [-0.05, 0) is 380 Å². The molecule has 0 atom stereocenters. The van der Waals surface area contributed by atoms with Gasteiger partial charge in [0.15, 0.2) is 0 Å². The fourth-order valence-electron chi connectivity index (χ4n) is 26.3. The van der Waals surface area contributed by atoms with Crippen LogP contribution >= 0.6 is 134 Å². The molecule has 0 aromatic heterocycles. The van der Waals surface area contributed by atoms with Crippen molar-refractivity contribution >= 4 is 224 Å². The summed E-state index contributed by atoms with van der Waals surface area (Å²) in [5.74, 6) is 0. The lowest BCUT2D eigenvalue weighted by molar-refractivity contribution is 0.424. The summed E-state index contributed by atoms with van der Waals surface area (Å²) in [5, 5.41) is 53.4. The summed E-state index contributed by atoms with van der Waals surface area (Å²) in [7, 11) is -2.77. The van der Waals surface area contributed by atoms with Crippen LogP contribution < -0.4 is 10.9 Å². The first-order chi connectivity index (χ1) is 72.7. The SMILES string of the molecule is Brc1cc(Br)cc(-c2c3ccccc3cc3ccccc23)c1.Brc1cc(Br)cc(-c2c3ccccc3cc3ccccc23)c1.Brc1ccc2c(c1)C1(CCCC1)c1ccccc1-2.Brc1ccc2c(c1)C1(CCCC1)c1ccccc1-2.Brc1ccc2c(c1)Cc1ccccc1-2.Ic1c2ccccc2cc2ccccc12.OB(O)c1ccc2c(c1)C1(CCCC1)c1ccccc1-2.OB(O)c1ccc2c(c1)C1(CCCC1)c1ccccc1-2. The number of benzene rings is 21. The molecule has 4 saturated carbocycles. The molecule has 4 fully saturated rings. The van der Waals surface area contributed by atoms with Gasteiger partial charge >= 0.3 is 14.2 Å². The van der Waals surface area contributed by atoms with Gasteiger partial charge in [-0.2, -0.15) is 0 Å². The van der Waals surface area contributed by atoms with E-state index in [4.69, 9.17) is 0 Å². The molecule has 21 aromatic carbocycles. The Morgan fingerprint density at radius 2 is 0.430 bits per heavy atom. The second-order valence-electron chi connectivity index (χ2n) is 41.0. The van der Waals surface area contributed by atoms with Crippen molar-refractivity contribution in [1.29, 1.82) is 0 Å². The second-order valence-corrected chi connectivity index (χ2v) is 48.5. The largest absolute Gasteiger partial charge is 0.488 e. The second kappa shape index (κ2) is 43.4. The lowest BCUT2D eigenvalue weighted by atomic mass is 9.73. The van der Waals surface area contributed by atoms with Gasteiger partial charge in [-0.25, -0.2) is 0 Å². The molecule has 4 nitrogen and oxygen atoms in total. The molecule has 21 aromatic rings. The maximum Gasteiger partial charge on any atom is 0.488 e. The van der Waals surface area contributed by atoms with Crippen molar-refractivity contribution in [3.8, 4) is 77.9 Å². The highest BCUT2D eigenvalue weighted by atomic mass is 127. The summed E-state index contributed by atoms with van der Waals surface area (Å²) in [5.41, 5.74) is 35.4. The van der Waals surface area contributed by atoms with Crippen molar-refractivity contribution in [3.63, 3.8) is 0 Å². The third-order valence-corrected chi connectivity index (χ3v) is 37.2. The highest BCUT2D eigenvalue weighted by molar-refractivity contribution is 14.1. The Morgan fingerprint density at radius 3 is 0.745 bits per heavy atom. The van der Waals surface area contributed by atoms with Crippen molar-refractivity contribution in [3.05, 3.63) is 503 Å². The Bertz CT molecular complexity index is 8150. The molecule has 4 N–H and O–H groups in total. The van der Waals surface area contributed by atoms with Gasteiger partial charge in [-0.15, -0.1) is 0 Å². The van der Waals surface area contributed by atoms with E-state index in [-0.39, 0.29) is 10.8 Å². The maximum absolute atomic E-state index is 9.46. The van der Waals surface area contributed by atoms with Gasteiger partial charge < -0.3 is 20.1 Å². The van der Waals surface area contributed by atoms with Gasteiger partial charge in [-0.3, -0.25) is 0 Å². The minimum atomic E-state index is -1.39. The van der Waals surface area contributed by atoms with Gasteiger partial charge in [0.05, 0.1) is 0 Å². The van der Waals surface area contributed by atoms with Crippen LogP contribution in [0.3, 0.4) is 0 Å². The van der Waals surface area contributed by atoms with Crippen molar-refractivity contribution in [2.24, 2.45) is 0 Å². The smallest absolute Gasteiger partial charge is 0.423 e. The first-order valence-electron chi connectivity index (χ1n) is 51.9. The van der Waals surface area contributed by atoms with Crippen LogP contribution in [0.2, 0.25) is 0 Å². The van der Waals surface area contributed by atoms with E-state index in [0.29, 0.717) is 21.8 Å². The molecule has 0 radical (unpaired) electrons. The quantitative estimate of drug-likeness (QED) is 0.0804. The zero-order valence-corrected chi connectivity index (χ0v) is 95.5. The van der Waals surface area contributed by atoms with Crippen LogP contribution in [0.25, 0.3) is 143 Å². The Hall–Kier alpha value is -10.8. The van der Waals surface area contributed by atoms with Crippen LogP contribution in [-0.4, -0.2) is 34.3 Å². The molecule has 9 aliphatic carbocycles. The number of fused-ring (bicyclic) bond motifs is 29. The van der Waals surface area contributed by atoms with E-state index in [9.17, 15) is 20.1 Å². The molecule has 14 heteroatoms. The molecule has 9 aliphatic rings. The predicted molar refractivity (Wildman–Crippen MR) is 661 cm³/mol. The van der Waals surface area contributed by atoms with E-state index < -0.39 is 14.2 Å². The molecule has 4 spiro atoms. The van der Waals surface area contributed by atoms with Crippen LogP contribution in [0.5, 0.6) is 0 Å². The Kier molecular flexibility index (Phi) is 29.5. The number of rotatable bonds is 4. The normalized spacial score (nSPS) is 15.0. The summed E-state index contributed by atoms with van der Waals surface area (Å²) in [6.07, 6.45) is 21.4. The van der Waals surface area contributed by atoms with Gasteiger partial charge in [0, 0.05) is 56.5 Å². The molecule has 0 heterocycles. The minimum absolute atomic E-state index is 0.108. The van der Waals surface area contributed by atoms with E-state index in [0.717, 1.165) is 24.3 Å². The molecule has 0 unspecified atom stereocenters. The first-order valence-corrected chi connectivity index (χ1v) is 58.5. The van der Waals surface area contributed by atoms with Gasteiger partial charge in [0.1, 0.15) is 0 Å². The third kappa shape index (κ3) is 19.5. The zero-order valence-electron chi connectivity index (χ0n) is 82.2. The predicted octanol–water partition coefficient (Wildman–Crippen LogP) is 38.0. The summed E-state index contributed by atoms with van der Waals surface area (Å²) < 4.78 is 9.25. The van der Waals surface area contributed by atoms with Crippen molar-refractivity contribution in [1.82, 2.24) is 0 Å². The molecule has 0 bridgehead atoms. The van der Waals surface area contributed by atoms with Crippen molar-refractivity contribution in [2.45, 2.75) is 131 Å². The van der Waals surface area contributed by atoms with Crippen LogP contribution in [0.4, 0.5) is 0 Å². The summed E-state index contributed by atoms with van der Waals surface area (Å²) >= 11 is 27.7. The van der Waals surface area contributed by atoms with E-state index in [1.165, 1.54) is 296 Å². The van der Waals surface area contributed by atoms with Crippen molar-refractivity contribution < 1.29 is 20.1 Å². The average Bonchev–Trinajstić information content (AvgIpc) is 1.57. The summed E-state index contributed by atoms with van der Waals surface area (Å²) in [4.78, 5) is 0. The lowest BCUT2D eigenvalue weighted by Gasteiger charge is -2.26. The summed E-state index contributed by atoms with van der Waals surface area (Å²) in [6.45, 7) is 0. The van der Waals surface area contributed by atoms with E-state index in [1.54, 1.807) is 22.3 Å². The van der Waals surface area contributed by atoms with Gasteiger partial charge in [0.2, 0.25) is 0 Å². The monoisotopic (exact) mass is 2490 g/mol. The highest BCUT2D eigenvalue weighted by Crippen LogP contribution is 2.62. The minimum Gasteiger partial charge on any atom is -0.423 e. The van der Waals surface area contributed by atoms with Crippen molar-refractivity contribution in [2.75, 3.05) is 0 Å². The fraction of sp³-hybridized carbons (Fsp3) is 0.156. The van der Waals surface area contributed by atoms with Crippen LogP contribution in [-0.2, 0) is 28.1 Å².